The van der Waals surface area contributed by atoms with Gasteiger partial charge in [-0.1, -0.05) is 29.4 Å². The van der Waals surface area contributed by atoms with Crippen molar-refractivity contribution in [3.63, 3.8) is 0 Å². The van der Waals surface area contributed by atoms with Crippen LogP contribution >= 0.6 is 0 Å². The number of nitrogens with zero attached hydrogens (tertiary/aromatic N) is 4. The van der Waals surface area contributed by atoms with E-state index < -0.39 is 0 Å². The molecule has 0 saturated carbocycles. The van der Waals surface area contributed by atoms with Crippen LogP contribution in [0.1, 0.15) is 12.0 Å². The van der Waals surface area contributed by atoms with E-state index in [-0.39, 0.29) is 6.04 Å². The lowest BCUT2D eigenvalue weighted by atomic mass is 10.1. The van der Waals surface area contributed by atoms with Crippen LogP contribution in [0.2, 0.25) is 0 Å². The van der Waals surface area contributed by atoms with Crippen molar-refractivity contribution in [2.75, 3.05) is 18.0 Å². The molecule has 6 nitrogen and oxygen atoms in total. The van der Waals surface area contributed by atoms with E-state index in [1.807, 2.05) is 43.3 Å². The first-order valence-corrected chi connectivity index (χ1v) is 8.07. The summed E-state index contributed by atoms with van der Waals surface area (Å²) in [5.41, 5.74) is 8.86. The standard InChI is InChI=1S/C18H19N5O/c1-12-4-2-3-5-15(12)17-21-18(24-22-17)13-6-7-16(20-10-13)23-9-8-14(19)11-23/h2-7,10,14H,8-9,11,19H2,1H3/t14-/m0/s1. The number of aromatic nitrogens is 3. The molecule has 6 heteroatoms. The summed E-state index contributed by atoms with van der Waals surface area (Å²) in [5, 5.41) is 4.09. The van der Waals surface area contributed by atoms with E-state index in [0.29, 0.717) is 11.7 Å². The van der Waals surface area contributed by atoms with Crippen molar-refractivity contribution in [2.45, 2.75) is 19.4 Å². The van der Waals surface area contributed by atoms with Crippen LogP contribution in [0.5, 0.6) is 0 Å². The van der Waals surface area contributed by atoms with Gasteiger partial charge in [-0.25, -0.2) is 4.98 Å². The largest absolute Gasteiger partial charge is 0.355 e. The van der Waals surface area contributed by atoms with Gasteiger partial charge in [0.2, 0.25) is 5.82 Å². The molecule has 1 atom stereocenters. The molecule has 0 spiro atoms. The third-order valence-corrected chi connectivity index (χ3v) is 4.36. The average Bonchev–Trinajstić information content (AvgIpc) is 3.25. The number of aryl methyl sites for hydroxylation is 1. The van der Waals surface area contributed by atoms with Crippen LogP contribution in [0.4, 0.5) is 5.82 Å². The molecular weight excluding hydrogens is 302 g/mol. The predicted molar refractivity (Wildman–Crippen MR) is 92.5 cm³/mol. The summed E-state index contributed by atoms with van der Waals surface area (Å²) < 4.78 is 5.41. The molecule has 122 valence electrons. The minimum absolute atomic E-state index is 0.235. The summed E-state index contributed by atoms with van der Waals surface area (Å²) >= 11 is 0. The van der Waals surface area contributed by atoms with Gasteiger partial charge in [0.25, 0.3) is 5.89 Å². The Kier molecular flexibility index (Phi) is 3.74. The summed E-state index contributed by atoms with van der Waals surface area (Å²) in [4.78, 5) is 11.2. The van der Waals surface area contributed by atoms with E-state index in [4.69, 9.17) is 10.3 Å². The first-order chi connectivity index (χ1) is 11.7. The van der Waals surface area contributed by atoms with Gasteiger partial charge in [0.05, 0.1) is 5.56 Å². The van der Waals surface area contributed by atoms with Crippen molar-refractivity contribution >= 4 is 5.82 Å². The minimum atomic E-state index is 0.235. The second kappa shape index (κ2) is 6.05. The first-order valence-electron chi connectivity index (χ1n) is 8.07. The highest BCUT2D eigenvalue weighted by atomic mass is 16.5. The molecule has 1 aliphatic rings. The van der Waals surface area contributed by atoms with Crippen molar-refractivity contribution < 1.29 is 4.52 Å². The van der Waals surface area contributed by atoms with Crippen LogP contribution in [-0.2, 0) is 0 Å². The molecule has 1 aromatic carbocycles. The smallest absolute Gasteiger partial charge is 0.259 e. The molecule has 24 heavy (non-hydrogen) atoms. The van der Waals surface area contributed by atoms with Crippen molar-refractivity contribution in [2.24, 2.45) is 5.73 Å². The van der Waals surface area contributed by atoms with E-state index in [0.717, 1.165) is 42.0 Å². The van der Waals surface area contributed by atoms with Crippen LogP contribution in [0.3, 0.4) is 0 Å². The molecule has 4 rings (SSSR count). The maximum Gasteiger partial charge on any atom is 0.259 e. The second-order valence-corrected chi connectivity index (χ2v) is 6.14. The summed E-state index contributed by atoms with van der Waals surface area (Å²) in [5.74, 6) is 2.01. The lowest BCUT2D eigenvalue weighted by Gasteiger charge is -2.16. The maximum absolute atomic E-state index is 5.95. The average molecular weight is 321 g/mol. The number of pyridine rings is 1. The quantitative estimate of drug-likeness (QED) is 0.798. The zero-order chi connectivity index (χ0) is 16.5. The Labute approximate surface area is 140 Å². The van der Waals surface area contributed by atoms with Gasteiger partial charge in [0.1, 0.15) is 5.82 Å². The summed E-state index contributed by atoms with van der Waals surface area (Å²) in [6.45, 7) is 3.83. The van der Waals surface area contributed by atoms with E-state index in [1.54, 1.807) is 6.20 Å². The van der Waals surface area contributed by atoms with Gasteiger partial charge in [-0.15, -0.1) is 0 Å². The Morgan fingerprint density at radius 2 is 2.08 bits per heavy atom. The van der Waals surface area contributed by atoms with Gasteiger partial charge in [0, 0.05) is 30.9 Å². The third-order valence-electron chi connectivity index (χ3n) is 4.36. The molecule has 2 aromatic heterocycles. The number of rotatable bonds is 3. The van der Waals surface area contributed by atoms with Crippen LogP contribution in [0.25, 0.3) is 22.8 Å². The van der Waals surface area contributed by atoms with Gasteiger partial charge in [-0.2, -0.15) is 4.98 Å². The van der Waals surface area contributed by atoms with E-state index >= 15 is 0 Å². The zero-order valence-electron chi connectivity index (χ0n) is 13.5. The molecule has 0 aliphatic carbocycles. The van der Waals surface area contributed by atoms with Crippen molar-refractivity contribution in [1.82, 2.24) is 15.1 Å². The lowest BCUT2D eigenvalue weighted by Crippen LogP contribution is -2.26. The van der Waals surface area contributed by atoms with Crippen LogP contribution in [-0.4, -0.2) is 34.3 Å². The van der Waals surface area contributed by atoms with E-state index in [1.165, 1.54) is 0 Å². The Morgan fingerprint density at radius 1 is 1.21 bits per heavy atom. The number of benzene rings is 1. The monoisotopic (exact) mass is 321 g/mol. The highest BCUT2D eigenvalue weighted by Crippen LogP contribution is 2.25. The fraction of sp³-hybridized carbons (Fsp3) is 0.278. The normalized spacial score (nSPS) is 17.4. The van der Waals surface area contributed by atoms with E-state index in [9.17, 15) is 0 Å². The van der Waals surface area contributed by atoms with Crippen LogP contribution < -0.4 is 10.6 Å². The van der Waals surface area contributed by atoms with E-state index in [2.05, 4.69) is 20.0 Å². The second-order valence-electron chi connectivity index (χ2n) is 6.14. The Morgan fingerprint density at radius 3 is 2.79 bits per heavy atom. The number of anilines is 1. The van der Waals surface area contributed by atoms with Gasteiger partial charge < -0.3 is 15.2 Å². The molecule has 1 aliphatic heterocycles. The fourth-order valence-electron chi connectivity index (χ4n) is 2.97. The number of hydrogen-bond acceptors (Lipinski definition) is 6. The molecule has 0 amide bonds. The Bertz CT molecular complexity index is 843. The van der Waals surface area contributed by atoms with Gasteiger partial charge in [-0.05, 0) is 31.0 Å². The maximum atomic E-state index is 5.95. The number of nitrogens with two attached hydrogens (primary N) is 1. The SMILES string of the molecule is Cc1ccccc1-c1noc(-c2ccc(N3CC[C@H](N)C3)nc2)n1. The predicted octanol–water partition coefficient (Wildman–Crippen LogP) is 2.64. The van der Waals surface area contributed by atoms with Gasteiger partial charge in [-0.3, -0.25) is 0 Å². The molecule has 0 bridgehead atoms. The molecule has 0 radical (unpaired) electrons. The molecule has 3 heterocycles. The summed E-state index contributed by atoms with van der Waals surface area (Å²) in [6.07, 6.45) is 2.78. The molecule has 3 aromatic rings. The first kappa shape index (κ1) is 14.8. The summed E-state index contributed by atoms with van der Waals surface area (Å²) in [7, 11) is 0. The highest BCUT2D eigenvalue weighted by Gasteiger charge is 2.20. The summed E-state index contributed by atoms with van der Waals surface area (Å²) in [6, 6.07) is 12.2. The van der Waals surface area contributed by atoms with Gasteiger partial charge >= 0.3 is 0 Å². The number of hydrogen-bond donors (Lipinski definition) is 1. The topological polar surface area (TPSA) is 81.1 Å². The lowest BCUT2D eigenvalue weighted by molar-refractivity contribution is 0.432. The molecular formula is C18H19N5O. The van der Waals surface area contributed by atoms with Crippen molar-refractivity contribution in [3.8, 4) is 22.8 Å². The van der Waals surface area contributed by atoms with Crippen LogP contribution in [0.15, 0.2) is 47.1 Å². The minimum Gasteiger partial charge on any atom is -0.355 e. The molecule has 2 N–H and O–H groups in total. The third kappa shape index (κ3) is 2.76. The van der Waals surface area contributed by atoms with Crippen molar-refractivity contribution in [1.29, 1.82) is 0 Å². The Hall–Kier alpha value is -2.73. The molecule has 1 fully saturated rings. The van der Waals surface area contributed by atoms with Crippen LogP contribution in [0, 0.1) is 6.92 Å². The van der Waals surface area contributed by atoms with Gasteiger partial charge in [0.15, 0.2) is 0 Å². The zero-order valence-corrected chi connectivity index (χ0v) is 13.5. The fourth-order valence-corrected chi connectivity index (χ4v) is 2.97. The molecule has 1 saturated heterocycles. The van der Waals surface area contributed by atoms with Crippen molar-refractivity contribution in [3.05, 3.63) is 48.2 Å². The highest BCUT2D eigenvalue weighted by molar-refractivity contribution is 5.62. The molecule has 0 unspecified atom stereocenters. The Balaban J connectivity index is 1.58.